The molecule has 0 spiro atoms. The Morgan fingerprint density at radius 2 is 2.27 bits per heavy atom. The molecule has 2 unspecified atom stereocenters. The van der Waals surface area contributed by atoms with Gasteiger partial charge in [-0.15, -0.1) is 0 Å². The van der Waals surface area contributed by atoms with Gasteiger partial charge >= 0.3 is 0 Å². The normalized spacial score (nSPS) is 15.6. The van der Waals surface area contributed by atoms with Crippen molar-refractivity contribution in [1.29, 1.82) is 0 Å². The molecule has 4 nitrogen and oxygen atoms in total. The van der Waals surface area contributed by atoms with Crippen LogP contribution in [-0.4, -0.2) is 34.3 Å². The molecule has 0 aliphatic rings. The standard InChI is InChI=1S/C11H22N4/c1-5-9(2)15(4)11(6-12)10-7-13-14(3)8-10/h7-9,11H,5-6,12H2,1-4H3. The van der Waals surface area contributed by atoms with Gasteiger partial charge in [0.15, 0.2) is 0 Å². The first-order chi connectivity index (χ1) is 7.10. The van der Waals surface area contributed by atoms with Crippen LogP contribution < -0.4 is 5.73 Å². The molecular weight excluding hydrogens is 188 g/mol. The summed E-state index contributed by atoms with van der Waals surface area (Å²) in [6.07, 6.45) is 5.07. The first-order valence-corrected chi connectivity index (χ1v) is 5.50. The summed E-state index contributed by atoms with van der Waals surface area (Å²) in [5.74, 6) is 0. The fourth-order valence-electron chi connectivity index (χ4n) is 1.74. The minimum atomic E-state index is 0.272. The van der Waals surface area contributed by atoms with Crippen LogP contribution >= 0.6 is 0 Å². The van der Waals surface area contributed by atoms with Gasteiger partial charge in [0.2, 0.25) is 0 Å². The Balaban J connectivity index is 2.79. The average Bonchev–Trinajstić information content (AvgIpc) is 2.64. The van der Waals surface area contributed by atoms with E-state index in [2.05, 4.69) is 30.9 Å². The Kier molecular flexibility index (Phi) is 4.29. The highest BCUT2D eigenvalue weighted by molar-refractivity contribution is 5.11. The number of aromatic nitrogens is 2. The van der Waals surface area contributed by atoms with Gasteiger partial charge in [-0.3, -0.25) is 9.58 Å². The second kappa shape index (κ2) is 5.28. The third kappa shape index (κ3) is 2.79. The van der Waals surface area contributed by atoms with Crippen LogP contribution in [0.5, 0.6) is 0 Å². The van der Waals surface area contributed by atoms with Crippen molar-refractivity contribution in [2.24, 2.45) is 12.8 Å². The van der Waals surface area contributed by atoms with Crippen molar-refractivity contribution in [3.05, 3.63) is 18.0 Å². The second-order valence-electron chi connectivity index (χ2n) is 4.12. The molecule has 0 aliphatic carbocycles. The molecule has 0 saturated carbocycles. The van der Waals surface area contributed by atoms with E-state index in [1.165, 1.54) is 5.56 Å². The fourth-order valence-corrected chi connectivity index (χ4v) is 1.74. The lowest BCUT2D eigenvalue weighted by Gasteiger charge is -2.31. The molecule has 1 aromatic heterocycles. The van der Waals surface area contributed by atoms with E-state index in [4.69, 9.17) is 5.73 Å². The van der Waals surface area contributed by atoms with E-state index in [0.717, 1.165) is 6.42 Å². The average molecular weight is 210 g/mol. The summed E-state index contributed by atoms with van der Waals surface area (Å²) >= 11 is 0. The number of nitrogens with two attached hydrogens (primary N) is 1. The molecule has 0 aromatic carbocycles. The Morgan fingerprint density at radius 1 is 1.60 bits per heavy atom. The van der Waals surface area contributed by atoms with Gasteiger partial charge in [0.25, 0.3) is 0 Å². The number of aryl methyl sites for hydroxylation is 1. The molecule has 4 heteroatoms. The number of nitrogens with zero attached hydrogens (tertiary/aromatic N) is 3. The van der Waals surface area contributed by atoms with E-state index in [-0.39, 0.29) is 6.04 Å². The molecule has 1 rings (SSSR count). The molecule has 0 saturated heterocycles. The fraction of sp³-hybridized carbons (Fsp3) is 0.727. The largest absolute Gasteiger partial charge is 0.329 e. The van der Waals surface area contributed by atoms with E-state index in [1.54, 1.807) is 0 Å². The molecule has 0 radical (unpaired) electrons. The summed E-state index contributed by atoms with van der Waals surface area (Å²) < 4.78 is 1.82. The van der Waals surface area contributed by atoms with Crippen molar-refractivity contribution in [3.63, 3.8) is 0 Å². The van der Waals surface area contributed by atoms with Crippen molar-refractivity contribution >= 4 is 0 Å². The third-order valence-electron chi connectivity index (χ3n) is 3.11. The molecule has 0 amide bonds. The predicted molar refractivity (Wildman–Crippen MR) is 62.5 cm³/mol. The lowest BCUT2D eigenvalue weighted by atomic mass is 10.1. The van der Waals surface area contributed by atoms with Gasteiger partial charge in [0, 0.05) is 31.4 Å². The molecule has 15 heavy (non-hydrogen) atoms. The number of hydrogen-bond donors (Lipinski definition) is 1. The van der Waals surface area contributed by atoms with Gasteiger partial charge in [-0.05, 0) is 20.4 Å². The zero-order chi connectivity index (χ0) is 11.4. The lowest BCUT2D eigenvalue weighted by Crippen LogP contribution is -2.36. The molecule has 0 bridgehead atoms. The second-order valence-corrected chi connectivity index (χ2v) is 4.12. The van der Waals surface area contributed by atoms with E-state index in [9.17, 15) is 0 Å². The highest BCUT2D eigenvalue weighted by Gasteiger charge is 2.20. The van der Waals surface area contributed by atoms with Crippen molar-refractivity contribution in [3.8, 4) is 0 Å². The van der Waals surface area contributed by atoms with Crippen molar-refractivity contribution in [1.82, 2.24) is 14.7 Å². The van der Waals surface area contributed by atoms with Gasteiger partial charge in [0.05, 0.1) is 12.2 Å². The zero-order valence-electron chi connectivity index (χ0n) is 10.1. The van der Waals surface area contributed by atoms with E-state index < -0.39 is 0 Å². The maximum absolute atomic E-state index is 5.83. The van der Waals surface area contributed by atoms with Crippen LogP contribution in [0.4, 0.5) is 0 Å². The summed E-state index contributed by atoms with van der Waals surface area (Å²) in [5.41, 5.74) is 7.03. The number of hydrogen-bond acceptors (Lipinski definition) is 3. The van der Waals surface area contributed by atoms with Crippen LogP contribution in [0.3, 0.4) is 0 Å². The highest BCUT2D eigenvalue weighted by Crippen LogP contribution is 2.20. The van der Waals surface area contributed by atoms with Gasteiger partial charge < -0.3 is 5.73 Å². The Hall–Kier alpha value is -0.870. The SMILES string of the molecule is CCC(C)N(C)C(CN)c1cnn(C)c1. The summed E-state index contributed by atoms with van der Waals surface area (Å²) in [6, 6.07) is 0.812. The summed E-state index contributed by atoms with van der Waals surface area (Å²) in [6.45, 7) is 5.05. The number of likely N-dealkylation sites (N-methyl/N-ethyl adjacent to an activating group) is 1. The Bertz CT molecular complexity index is 295. The van der Waals surface area contributed by atoms with Crippen LogP contribution in [0, 0.1) is 0 Å². The molecular formula is C11H22N4. The molecule has 86 valence electrons. The number of rotatable bonds is 5. The summed E-state index contributed by atoms with van der Waals surface area (Å²) in [7, 11) is 4.05. The molecule has 2 atom stereocenters. The van der Waals surface area contributed by atoms with Crippen LogP contribution in [0.2, 0.25) is 0 Å². The maximum Gasteiger partial charge on any atom is 0.0538 e. The minimum Gasteiger partial charge on any atom is -0.329 e. The van der Waals surface area contributed by atoms with Crippen LogP contribution in [-0.2, 0) is 7.05 Å². The monoisotopic (exact) mass is 210 g/mol. The zero-order valence-corrected chi connectivity index (χ0v) is 10.1. The van der Waals surface area contributed by atoms with Crippen molar-refractivity contribution in [2.45, 2.75) is 32.4 Å². The van der Waals surface area contributed by atoms with E-state index >= 15 is 0 Å². The predicted octanol–water partition coefficient (Wildman–Crippen LogP) is 1.15. The first kappa shape index (κ1) is 12.2. The molecule has 2 N–H and O–H groups in total. The molecule has 1 aromatic rings. The van der Waals surface area contributed by atoms with Gasteiger partial charge in [-0.1, -0.05) is 6.92 Å². The smallest absolute Gasteiger partial charge is 0.0538 e. The van der Waals surface area contributed by atoms with Crippen molar-refractivity contribution in [2.75, 3.05) is 13.6 Å². The lowest BCUT2D eigenvalue weighted by molar-refractivity contribution is 0.184. The van der Waals surface area contributed by atoms with Gasteiger partial charge in [0.1, 0.15) is 0 Å². The van der Waals surface area contributed by atoms with Crippen LogP contribution in [0.15, 0.2) is 12.4 Å². The van der Waals surface area contributed by atoms with Crippen LogP contribution in [0.1, 0.15) is 31.9 Å². The third-order valence-corrected chi connectivity index (χ3v) is 3.11. The molecule has 1 heterocycles. The van der Waals surface area contributed by atoms with E-state index in [1.807, 2.05) is 24.1 Å². The minimum absolute atomic E-state index is 0.272. The van der Waals surface area contributed by atoms with Crippen molar-refractivity contribution < 1.29 is 0 Å². The Labute approximate surface area is 92.1 Å². The maximum atomic E-state index is 5.83. The quantitative estimate of drug-likeness (QED) is 0.793. The van der Waals surface area contributed by atoms with Gasteiger partial charge in [-0.25, -0.2) is 0 Å². The Morgan fingerprint density at radius 3 is 2.67 bits per heavy atom. The molecule has 0 aliphatic heterocycles. The summed E-state index contributed by atoms with van der Waals surface area (Å²) in [5, 5.41) is 4.19. The van der Waals surface area contributed by atoms with Crippen LogP contribution in [0.25, 0.3) is 0 Å². The van der Waals surface area contributed by atoms with Gasteiger partial charge in [-0.2, -0.15) is 5.10 Å². The first-order valence-electron chi connectivity index (χ1n) is 5.50. The topological polar surface area (TPSA) is 47.1 Å². The highest BCUT2D eigenvalue weighted by atomic mass is 15.3. The van der Waals surface area contributed by atoms with E-state index in [0.29, 0.717) is 12.6 Å². The molecule has 0 fully saturated rings. The summed E-state index contributed by atoms with van der Waals surface area (Å²) in [4.78, 5) is 2.32.